The smallest absolute Gasteiger partial charge is 0.168 e. The molecule has 3 N–H and O–H groups in total. The van der Waals surface area contributed by atoms with Gasteiger partial charge in [0.1, 0.15) is 11.6 Å². The van der Waals surface area contributed by atoms with Crippen LogP contribution in [0.5, 0.6) is 0 Å². The summed E-state index contributed by atoms with van der Waals surface area (Å²) >= 11 is 6.21. The third kappa shape index (κ3) is 3.22. The van der Waals surface area contributed by atoms with Crippen LogP contribution >= 0.6 is 11.6 Å². The Morgan fingerprint density at radius 1 is 1.23 bits per heavy atom. The minimum Gasteiger partial charge on any atom is -0.403 e. The van der Waals surface area contributed by atoms with Crippen molar-refractivity contribution < 1.29 is 13.5 Å². The van der Waals surface area contributed by atoms with Crippen LogP contribution in [0.1, 0.15) is 12.0 Å². The molecule has 30 heavy (non-hydrogen) atoms. The second-order valence-electron chi connectivity index (χ2n) is 7.33. The Bertz CT molecular complexity index is 1100. The van der Waals surface area contributed by atoms with Crippen molar-refractivity contribution in [3.8, 4) is 0 Å². The molecule has 5 rings (SSSR count). The van der Waals surface area contributed by atoms with Gasteiger partial charge in [-0.25, -0.2) is 18.8 Å². The van der Waals surface area contributed by atoms with E-state index in [0.717, 1.165) is 37.0 Å². The molecule has 2 saturated heterocycles. The minimum absolute atomic E-state index is 0.103. The first kappa shape index (κ1) is 19.0. The van der Waals surface area contributed by atoms with Gasteiger partial charge in [0.2, 0.25) is 0 Å². The lowest BCUT2D eigenvalue weighted by Gasteiger charge is -2.29. The molecule has 0 aliphatic carbocycles. The van der Waals surface area contributed by atoms with Gasteiger partial charge in [0.25, 0.3) is 0 Å². The molecule has 3 heterocycles. The fourth-order valence-corrected chi connectivity index (χ4v) is 4.12. The third-order valence-electron chi connectivity index (χ3n) is 5.47. The van der Waals surface area contributed by atoms with Gasteiger partial charge in [0, 0.05) is 18.4 Å². The number of nitrogens with zero attached hydrogens (tertiary/aromatic N) is 3. The number of rotatable bonds is 3. The van der Waals surface area contributed by atoms with Crippen LogP contribution in [0.2, 0.25) is 0 Å². The fraction of sp³-hybridized carbons (Fsp3) is 0.238. The number of anilines is 2. The van der Waals surface area contributed by atoms with E-state index in [9.17, 15) is 8.78 Å². The van der Waals surface area contributed by atoms with Gasteiger partial charge in [-0.3, -0.25) is 0 Å². The van der Waals surface area contributed by atoms with E-state index in [0.29, 0.717) is 24.0 Å². The number of hydrogen-bond donors (Lipinski definition) is 2. The number of ether oxygens (including phenoxy) is 1. The number of nitrogens with two attached hydrogens (primary N) is 1. The Hall–Kier alpha value is -2.97. The second-order valence-corrected chi connectivity index (χ2v) is 7.74. The predicted octanol–water partition coefficient (Wildman–Crippen LogP) is 3.88. The molecule has 0 spiro atoms. The van der Waals surface area contributed by atoms with Crippen molar-refractivity contribution in [1.29, 1.82) is 0 Å². The summed E-state index contributed by atoms with van der Waals surface area (Å²) in [6.45, 7) is 1.53. The lowest BCUT2D eigenvalue weighted by Crippen LogP contribution is -2.36. The van der Waals surface area contributed by atoms with E-state index in [1.807, 2.05) is 12.1 Å². The molecule has 2 fully saturated rings. The lowest BCUT2D eigenvalue weighted by atomic mass is 10.1. The Labute approximate surface area is 176 Å². The zero-order chi connectivity index (χ0) is 20.8. The van der Waals surface area contributed by atoms with Gasteiger partial charge >= 0.3 is 0 Å². The Morgan fingerprint density at radius 2 is 2.03 bits per heavy atom. The van der Waals surface area contributed by atoms with Gasteiger partial charge in [-0.1, -0.05) is 17.7 Å². The molecule has 0 radical (unpaired) electrons. The van der Waals surface area contributed by atoms with Crippen molar-refractivity contribution in [3.05, 3.63) is 64.8 Å². The van der Waals surface area contributed by atoms with E-state index in [1.165, 1.54) is 6.07 Å². The van der Waals surface area contributed by atoms with Gasteiger partial charge in [-0.15, -0.1) is 0 Å². The standard InChI is InChI=1S/C21H18ClF2N5O/c22-14(8-25)20-27-18-7-11(29-9-13-6-12(29)10-30-13)4-5-17(18)26-21(28-20)19-15(23)2-1-3-16(19)24/h1-5,7-8,12-13H,6,9-10,25H2,(H,26,27,28)/b14-8+. The maximum absolute atomic E-state index is 14.4. The number of morpholine rings is 1. The van der Waals surface area contributed by atoms with E-state index in [-0.39, 0.29) is 28.4 Å². The molecule has 0 amide bonds. The highest BCUT2D eigenvalue weighted by molar-refractivity contribution is 6.46. The van der Waals surface area contributed by atoms with E-state index in [1.54, 1.807) is 6.07 Å². The fourth-order valence-electron chi connectivity index (χ4n) is 4.03. The highest BCUT2D eigenvalue weighted by atomic mass is 35.5. The summed E-state index contributed by atoms with van der Waals surface area (Å²) < 4.78 is 34.5. The molecule has 3 aliphatic heterocycles. The summed E-state index contributed by atoms with van der Waals surface area (Å²) in [4.78, 5) is 11.0. The van der Waals surface area contributed by atoms with E-state index >= 15 is 0 Å². The highest BCUT2D eigenvalue weighted by Crippen LogP contribution is 2.38. The summed E-state index contributed by atoms with van der Waals surface area (Å²) in [7, 11) is 0. The molecular formula is C21H18ClF2N5O. The van der Waals surface area contributed by atoms with Crippen LogP contribution in [0.15, 0.2) is 57.6 Å². The molecule has 2 bridgehead atoms. The van der Waals surface area contributed by atoms with E-state index < -0.39 is 11.6 Å². The molecule has 3 aliphatic rings. The number of benzene rings is 2. The first-order valence-corrected chi connectivity index (χ1v) is 9.90. The average Bonchev–Trinajstić information content (AvgIpc) is 3.32. The summed E-state index contributed by atoms with van der Waals surface area (Å²) in [5, 5.41) is 3.21. The van der Waals surface area contributed by atoms with Gasteiger partial charge in [0.15, 0.2) is 11.7 Å². The molecule has 0 saturated carbocycles. The average molecular weight is 430 g/mol. The van der Waals surface area contributed by atoms with Gasteiger partial charge < -0.3 is 20.7 Å². The summed E-state index contributed by atoms with van der Waals surface area (Å²) in [5.74, 6) is -1.51. The molecule has 2 unspecified atom stereocenters. The zero-order valence-electron chi connectivity index (χ0n) is 15.8. The number of hydrogen-bond acceptors (Lipinski definition) is 6. The maximum Gasteiger partial charge on any atom is 0.168 e. The Balaban J connectivity index is 1.61. The monoisotopic (exact) mass is 429 g/mol. The molecular weight excluding hydrogens is 412 g/mol. The van der Waals surface area contributed by atoms with Crippen molar-refractivity contribution in [2.24, 2.45) is 15.7 Å². The molecule has 6 nitrogen and oxygen atoms in total. The normalized spacial score (nSPS) is 22.9. The van der Waals surface area contributed by atoms with Crippen molar-refractivity contribution in [2.75, 3.05) is 23.4 Å². The summed E-state index contributed by atoms with van der Waals surface area (Å²) in [5.41, 5.74) is 7.33. The predicted molar refractivity (Wildman–Crippen MR) is 114 cm³/mol. The van der Waals surface area contributed by atoms with Crippen molar-refractivity contribution in [3.63, 3.8) is 0 Å². The first-order chi connectivity index (χ1) is 14.5. The van der Waals surface area contributed by atoms with Crippen LogP contribution < -0.4 is 16.0 Å². The number of amidine groups is 2. The van der Waals surface area contributed by atoms with Crippen LogP contribution in [0.3, 0.4) is 0 Å². The van der Waals surface area contributed by atoms with Crippen LogP contribution in [0.4, 0.5) is 25.8 Å². The quantitative estimate of drug-likeness (QED) is 0.776. The van der Waals surface area contributed by atoms with Crippen LogP contribution in [-0.2, 0) is 4.74 Å². The number of halogens is 3. The van der Waals surface area contributed by atoms with Crippen molar-refractivity contribution >= 4 is 40.3 Å². The topological polar surface area (TPSA) is 75.2 Å². The highest BCUT2D eigenvalue weighted by Gasteiger charge is 2.39. The zero-order valence-corrected chi connectivity index (χ0v) is 16.5. The largest absolute Gasteiger partial charge is 0.403 e. The second kappa shape index (κ2) is 7.37. The van der Waals surface area contributed by atoms with E-state index in [2.05, 4.69) is 20.2 Å². The number of aliphatic imine (C=N–C) groups is 2. The van der Waals surface area contributed by atoms with Gasteiger partial charge in [0.05, 0.1) is 40.7 Å². The lowest BCUT2D eigenvalue weighted by molar-refractivity contribution is 0.0991. The van der Waals surface area contributed by atoms with Crippen molar-refractivity contribution in [2.45, 2.75) is 18.6 Å². The third-order valence-corrected chi connectivity index (χ3v) is 5.77. The van der Waals surface area contributed by atoms with E-state index in [4.69, 9.17) is 22.1 Å². The molecule has 2 aromatic carbocycles. The minimum atomic E-state index is -0.766. The maximum atomic E-state index is 14.4. The van der Waals surface area contributed by atoms with Gasteiger partial charge in [-0.05, 0) is 36.8 Å². The molecule has 2 aromatic rings. The number of fused-ring (bicyclic) bond motifs is 3. The molecule has 9 heteroatoms. The first-order valence-electron chi connectivity index (χ1n) is 9.52. The van der Waals surface area contributed by atoms with Crippen LogP contribution in [0.25, 0.3) is 0 Å². The van der Waals surface area contributed by atoms with Crippen molar-refractivity contribution in [1.82, 2.24) is 0 Å². The Kier molecular flexibility index (Phi) is 4.67. The number of nitrogens with one attached hydrogen (secondary N) is 1. The summed E-state index contributed by atoms with van der Waals surface area (Å²) in [6, 6.07) is 9.59. The molecule has 0 aromatic heterocycles. The van der Waals surface area contributed by atoms with Crippen LogP contribution in [-0.4, -0.2) is 37.0 Å². The summed E-state index contributed by atoms with van der Waals surface area (Å²) in [6.07, 6.45) is 2.42. The van der Waals surface area contributed by atoms with Crippen LogP contribution in [0, 0.1) is 11.6 Å². The molecule has 2 atom stereocenters. The SMILES string of the molecule is N/C=C(/Cl)C1=NC(c2c(F)cccc2F)=Nc2ccc(N3CC4CC3CO4)cc2N1. The molecule has 154 valence electrons. The Morgan fingerprint density at radius 3 is 2.70 bits per heavy atom. The van der Waals surface area contributed by atoms with Gasteiger partial charge in [-0.2, -0.15) is 0 Å².